The van der Waals surface area contributed by atoms with Crippen molar-refractivity contribution >= 4 is 11.6 Å². The van der Waals surface area contributed by atoms with E-state index in [2.05, 4.69) is 12.1 Å². The molecule has 0 fully saturated rings. The van der Waals surface area contributed by atoms with E-state index in [9.17, 15) is 9.59 Å². The summed E-state index contributed by atoms with van der Waals surface area (Å²) in [5.74, 6) is -0.0801. The van der Waals surface area contributed by atoms with Gasteiger partial charge in [0.25, 0.3) is 0 Å². The zero-order valence-electron chi connectivity index (χ0n) is 14.1. The molecule has 0 aliphatic carbocycles. The Morgan fingerprint density at radius 2 is 1.43 bits per heavy atom. The molecule has 2 aromatic rings. The minimum atomic E-state index is -0.896. The molecule has 0 heterocycles. The van der Waals surface area contributed by atoms with Gasteiger partial charge in [-0.15, -0.1) is 0 Å². The maximum absolute atomic E-state index is 13.2. The summed E-state index contributed by atoms with van der Waals surface area (Å²) in [6.07, 6.45) is 1.78. The van der Waals surface area contributed by atoms with Crippen molar-refractivity contribution in [1.82, 2.24) is 0 Å². The molecule has 0 unspecified atom stereocenters. The molecule has 0 bridgehead atoms. The fourth-order valence-corrected chi connectivity index (χ4v) is 3.20. The fourth-order valence-electron chi connectivity index (χ4n) is 3.20. The van der Waals surface area contributed by atoms with Crippen LogP contribution in [0.3, 0.4) is 0 Å². The number of carbonyl (C=O) groups is 2. The summed E-state index contributed by atoms with van der Waals surface area (Å²) in [7, 11) is 0. The highest BCUT2D eigenvalue weighted by Crippen LogP contribution is 2.33. The summed E-state index contributed by atoms with van der Waals surface area (Å²) >= 11 is 0. The highest BCUT2D eigenvalue weighted by molar-refractivity contribution is 6.14. The second-order valence-corrected chi connectivity index (χ2v) is 5.99. The molecule has 2 nitrogen and oxygen atoms in total. The third-order valence-corrected chi connectivity index (χ3v) is 4.82. The number of carbonyl (C=O) groups excluding carboxylic acids is 2. The maximum atomic E-state index is 13.2. The van der Waals surface area contributed by atoms with Crippen molar-refractivity contribution < 1.29 is 9.59 Å². The number of rotatable bonds is 7. The highest BCUT2D eigenvalue weighted by Gasteiger charge is 2.40. The summed E-state index contributed by atoms with van der Waals surface area (Å²) < 4.78 is 0. The molecule has 0 aromatic heterocycles. The van der Waals surface area contributed by atoms with Gasteiger partial charge in [0.05, 0.1) is 5.41 Å². The Morgan fingerprint density at radius 3 is 2.00 bits per heavy atom. The van der Waals surface area contributed by atoms with Crippen molar-refractivity contribution in [1.29, 1.82) is 0 Å². The van der Waals surface area contributed by atoms with Crippen molar-refractivity contribution in [2.24, 2.45) is 5.41 Å². The molecular formula is C21H24O2. The minimum absolute atomic E-state index is 0.0398. The van der Waals surface area contributed by atoms with Crippen molar-refractivity contribution in [2.45, 2.75) is 40.0 Å². The third kappa shape index (κ3) is 3.42. The van der Waals surface area contributed by atoms with Crippen molar-refractivity contribution in [3.8, 4) is 0 Å². The summed E-state index contributed by atoms with van der Waals surface area (Å²) in [4.78, 5) is 25.4. The zero-order chi connectivity index (χ0) is 16.9. The van der Waals surface area contributed by atoms with Gasteiger partial charge in [-0.25, -0.2) is 0 Å². The lowest BCUT2D eigenvalue weighted by Gasteiger charge is -2.28. The van der Waals surface area contributed by atoms with E-state index in [-0.39, 0.29) is 11.6 Å². The van der Waals surface area contributed by atoms with Gasteiger partial charge in [-0.3, -0.25) is 9.59 Å². The molecular weight excluding hydrogens is 284 g/mol. The first-order chi connectivity index (χ1) is 11.0. The first-order valence-electron chi connectivity index (χ1n) is 8.22. The molecule has 0 amide bonds. The van der Waals surface area contributed by atoms with E-state index in [0.717, 1.165) is 11.1 Å². The quantitative estimate of drug-likeness (QED) is 0.541. The van der Waals surface area contributed by atoms with Crippen LogP contribution in [0.25, 0.3) is 0 Å². The third-order valence-electron chi connectivity index (χ3n) is 4.82. The van der Waals surface area contributed by atoms with Crippen LogP contribution in [0.1, 0.15) is 55.1 Å². The van der Waals surface area contributed by atoms with Crippen LogP contribution in [0.5, 0.6) is 0 Å². The standard InChI is InChI=1S/C21H24O2/c1-4-21(5-2,16(3)22)20(23)19-14-10-9-13-18(19)15-17-11-7-6-8-12-17/h6-14H,4-5,15H2,1-3H3. The van der Waals surface area contributed by atoms with Gasteiger partial charge in [0.15, 0.2) is 5.78 Å². The monoisotopic (exact) mass is 308 g/mol. The number of ketones is 2. The van der Waals surface area contributed by atoms with E-state index >= 15 is 0 Å². The van der Waals surface area contributed by atoms with Crippen LogP contribution in [-0.2, 0) is 11.2 Å². The van der Waals surface area contributed by atoms with E-state index in [1.807, 2.05) is 56.3 Å². The molecule has 23 heavy (non-hydrogen) atoms. The number of hydrogen-bond acceptors (Lipinski definition) is 2. The molecule has 0 saturated heterocycles. The van der Waals surface area contributed by atoms with Gasteiger partial charge in [-0.1, -0.05) is 68.4 Å². The Morgan fingerprint density at radius 1 is 0.870 bits per heavy atom. The first-order valence-corrected chi connectivity index (χ1v) is 8.22. The Kier molecular flexibility index (Phi) is 5.49. The number of hydrogen-bond donors (Lipinski definition) is 0. The summed E-state index contributed by atoms with van der Waals surface area (Å²) in [6, 6.07) is 17.7. The largest absolute Gasteiger partial charge is 0.299 e. The first kappa shape index (κ1) is 17.1. The maximum Gasteiger partial charge on any atom is 0.176 e. The van der Waals surface area contributed by atoms with E-state index in [1.165, 1.54) is 6.92 Å². The molecule has 0 spiro atoms. The fraction of sp³-hybridized carbons (Fsp3) is 0.333. The number of Topliss-reactive ketones (excluding diaryl/α,β-unsaturated/α-hetero) is 2. The smallest absolute Gasteiger partial charge is 0.176 e. The van der Waals surface area contributed by atoms with E-state index in [4.69, 9.17) is 0 Å². The van der Waals surface area contributed by atoms with E-state index in [1.54, 1.807) is 0 Å². The molecule has 0 aliphatic rings. The predicted octanol–water partition coefficient (Wildman–Crippen LogP) is 4.86. The molecule has 2 rings (SSSR count). The number of benzene rings is 2. The van der Waals surface area contributed by atoms with Gasteiger partial charge in [0, 0.05) is 5.56 Å². The SMILES string of the molecule is CCC(CC)(C(C)=O)C(=O)c1ccccc1Cc1ccccc1. The molecule has 0 saturated carbocycles. The normalized spacial score (nSPS) is 11.3. The van der Waals surface area contributed by atoms with Gasteiger partial charge in [0.1, 0.15) is 5.78 Å². The molecule has 0 N–H and O–H groups in total. The van der Waals surface area contributed by atoms with Crippen LogP contribution in [-0.4, -0.2) is 11.6 Å². The predicted molar refractivity (Wildman–Crippen MR) is 93.7 cm³/mol. The second-order valence-electron chi connectivity index (χ2n) is 5.99. The van der Waals surface area contributed by atoms with Crippen LogP contribution in [0.15, 0.2) is 54.6 Å². The van der Waals surface area contributed by atoms with Crippen molar-refractivity contribution in [3.63, 3.8) is 0 Å². The van der Waals surface area contributed by atoms with Crippen molar-refractivity contribution in [3.05, 3.63) is 71.3 Å². The second kappa shape index (κ2) is 7.36. The topological polar surface area (TPSA) is 34.1 Å². The van der Waals surface area contributed by atoms with Crippen LogP contribution in [0.2, 0.25) is 0 Å². The molecule has 0 aliphatic heterocycles. The van der Waals surface area contributed by atoms with Gasteiger partial charge >= 0.3 is 0 Å². The summed E-state index contributed by atoms with van der Waals surface area (Å²) in [5, 5.41) is 0. The molecule has 120 valence electrons. The summed E-state index contributed by atoms with van der Waals surface area (Å²) in [6.45, 7) is 5.37. The Hall–Kier alpha value is -2.22. The lowest BCUT2D eigenvalue weighted by Crippen LogP contribution is -2.37. The zero-order valence-corrected chi connectivity index (χ0v) is 14.1. The summed E-state index contributed by atoms with van der Waals surface area (Å²) in [5.41, 5.74) is 1.92. The Labute approximate surface area is 138 Å². The van der Waals surface area contributed by atoms with E-state index < -0.39 is 5.41 Å². The average molecular weight is 308 g/mol. The van der Waals surface area contributed by atoms with Gasteiger partial charge in [-0.2, -0.15) is 0 Å². The van der Waals surface area contributed by atoms with Crippen LogP contribution < -0.4 is 0 Å². The molecule has 0 atom stereocenters. The lowest BCUT2D eigenvalue weighted by molar-refractivity contribution is -0.124. The van der Waals surface area contributed by atoms with Crippen LogP contribution in [0, 0.1) is 5.41 Å². The lowest BCUT2D eigenvalue weighted by atomic mass is 9.72. The van der Waals surface area contributed by atoms with Crippen LogP contribution >= 0.6 is 0 Å². The van der Waals surface area contributed by atoms with Gasteiger partial charge < -0.3 is 0 Å². The van der Waals surface area contributed by atoms with Gasteiger partial charge in [-0.05, 0) is 37.3 Å². The van der Waals surface area contributed by atoms with Gasteiger partial charge in [0.2, 0.25) is 0 Å². The Bertz CT molecular complexity index is 682. The minimum Gasteiger partial charge on any atom is -0.299 e. The molecule has 2 heteroatoms. The Balaban J connectivity index is 2.44. The molecule has 2 aromatic carbocycles. The molecule has 0 radical (unpaired) electrons. The van der Waals surface area contributed by atoms with Crippen LogP contribution in [0.4, 0.5) is 0 Å². The van der Waals surface area contributed by atoms with E-state index in [0.29, 0.717) is 24.8 Å². The highest BCUT2D eigenvalue weighted by atomic mass is 16.2. The van der Waals surface area contributed by atoms with Crippen molar-refractivity contribution in [2.75, 3.05) is 0 Å². The average Bonchev–Trinajstić information content (AvgIpc) is 2.57.